The van der Waals surface area contributed by atoms with Crippen LogP contribution in [-0.2, 0) is 23.9 Å². The number of rotatable bonds is 9. The van der Waals surface area contributed by atoms with Crippen molar-refractivity contribution in [3.63, 3.8) is 0 Å². The highest BCUT2D eigenvalue weighted by Crippen LogP contribution is 2.25. The van der Waals surface area contributed by atoms with Crippen molar-refractivity contribution in [2.45, 2.75) is 57.7 Å². The quantitative estimate of drug-likeness (QED) is 0.266. The number of ether oxygens (including phenoxy) is 2. The predicted molar refractivity (Wildman–Crippen MR) is 110 cm³/mol. The average Bonchev–Trinajstić information content (AvgIpc) is 2.66. The van der Waals surface area contributed by atoms with E-state index in [9.17, 15) is 24.6 Å². The van der Waals surface area contributed by atoms with E-state index < -0.39 is 35.5 Å². The Kier molecular flexibility index (Phi) is 9.32. The van der Waals surface area contributed by atoms with Crippen LogP contribution in [0.3, 0.4) is 0 Å². The molecule has 9 nitrogen and oxygen atoms in total. The van der Waals surface area contributed by atoms with Crippen LogP contribution in [0, 0.1) is 0 Å². The minimum absolute atomic E-state index is 0.225. The molecule has 0 spiro atoms. The zero-order chi connectivity index (χ0) is 22.9. The smallest absolute Gasteiger partial charge is 0.328 e. The van der Waals surface area contributed by atoms with Crippen molar-refractivity contribution < 1.29 is 34.1 Å². The van der Waals surface area contributed by atoms with E-state index in [1.807, 2.05) is 0 Å². The lowest BCUT2D eigenvalue weighted by Crippen LogP contribution is -2.41. The van der Waals surface area contributed by atoms with Gasteiger partial charge in [-0.1, -0.05) is 6.07 Å². The zero-order valence-corrected chi connectivity index (χ0v) is 17.7. The van der Waals surface area contributed by atoms with Gasteiger partial charge in [0.05, 0.1) is 7.11 Å². The highest BCUT2D eigenvalue weighted by molar-refractivity contribution is 5.94. The Morgan fingerprint density at radius 3 is 2.37 bits per heavy atom. The van der Waals surface area contributed by atoms with Crippen LogP contribution in [0.2, 0.25) is 0 Å². The number of aromatic hydroxyl groups is 2. The van der Waals surface area contributed by atoms with E-state index >= 15 is 0 Å². The van der Waals surface area contributed by atoms with Gasteiger partial charge in [0.1, 0.15) is 17.7 Å². The van der Waals surface area contributed by atoms with Crippen molar-refractivity contribution in [2.24, 2.45) is 5.73 Å². The molecule has 1 rings (SSSR count). The van der Waals surface area contributed by atoms with Crippen LogP contribution in [0.5, 0.6) is 11.5 Å². The van der Waals surface area contributed by atoms with Gasteiger partial charge in [-0.25, -0.2) is 4.79 Å². The summed E-state index contributed by atoms with van der Waals surface area (Å²) >= 11 is 0. The van der Waals surface area contributed by atoms with Gasteiger partial charge in [-0.3, -0.25) is 9.59 Å². The Bertz CT molecular complexity index is 784. The zero-order valence-electron chi connectivity index (χ0n) is 17.7. The standard InChI is InChI=1S/C21H30N2O7/c1-21(2,3)30-19(27)14(22)6-5-7-15(20(28)29-4)23-18(26)11-9-13-8-10-16(24)17(25)12-13/h8-12,14-15,24-25H,5-7,22H2,1-4H3,(H,23,26)/b11-9+/t14?,15-/m0/s1. The number of hydrogen-bond acceptors (Lipinski definition) is 8. The summed E-state index contributed by atoms with van der Waals surface area (Å²) < 4.78 is 9.93. The van der Waals surface area contributed by atoms with Crippen LogP contribution in [0.1, 0.15) is 45.6 Å². The molecular weight excluding hydrogens is 392 g/mol. The van der Waals surface area contributed by atoms with Crippen LogP contribution in [0.4, 0.5) is 0 Å². The lowest BCUT2D eigenvalue weighted by atomic mass is 10.1. The molecule has 2 atom stereocenters. The van der Waals surface area contributed by atoms with E-state index in [4.69, 9.17) is 15.2 Å². The largest absolute Gasteiger partial charge is 0.504 e. The maximum Gasteiger partial charge on any atom is 0.328 e. The molecule has 0 fully saturated rings. The second-order valence-corrected chi connectivity index (χ2v) is 7.74. The number of phenolic OH excluding ortho intramolecular Hbond substituents is 2. The summed E-state index contributed by atoms with van der Waals surface area (Å²) in [5.74, 6) is -2.28. The first-order valence-electron chi connectivity index (χ1n) is 9.49. The summed E-state index contributed by atoms with van der Waals surface area (Å²) in [6, 6.07) is 2.34. The Balaban J connectivity index is 2.61. The van der Waals surface area contributed by atoms with E-state index in [-0.39, 0.29) is 24.3 Å². The first kappa shape index (κ1) is 25.0. The van der Waals surface area contributed by atoms with Crippen molar-refractivity contribution in [3.8, 4) is 11.5 Å². The highest BCUT2D eigenvalue weighted by Gasteiger charge is 2.24. The van der Waals surface area contributed by atoms with Crippen LogP contribution < -0.4 is 11.1 Å². The van der Waals surface area contributed by atoms with E-state index in [0.29, 0.717) is 12.0 Å². The first-order valence-corrected chi connectivity index (χ1v) is 9.49. The summed E-state index contributed by atoms with van der Waals surface area (Å²) in [6.45, 7) is 5.23. The Hall–Kier alpha value is -3.07. The van der Waals surface area contributed by atoms with Crippen LogP contribution in [0.25, 0.3) is 6.08 Å². The topological polar surface area (TPSA) is 148 Å². The number of phenols is 2. The third kappa shape index (κ3) is 8.95. The van der Waals surface area contributed by atoms with Gasteiger partial charge in [0, 0.05) is 6.08 Å². The molecule has 0 bridgehead atoms. The minimum Gasteiger partial charge on any atom is -0.504 e. The third-order valence-electron chi connectivity index (χ3n) is 3.95. The van der Waals surface area contributed by atoms with Gasteiger partial charge < -0.3 is 30.7 Å². The molecular formula is C21H30N2O7. The Morgan fingerprint density at radius 2 is 1.80 bits per heavy atom. The third-order valence-corrected chi connectivity index (χ3v) is 3.95. The summed E-state index contributed by atoms with van der Waals surface area (Å²) in [6.07, 6.45) is 3.50. The van der Waals surface area contributed by atoms with Gasteiger partial charge >= 0.3 is 11.9 Å². The molecule has 1 aromatic rings. The van der Waals surface area contributed by atoms with E-state index in [1.54, 1.807) is 20.8 Å². The maximum absolute atomic E-state index is 12.1. The second kappa shape index (κ2) is 11.2. The molecule has 0 saturated carbocycles. The Morgan fingerprint density at radius 1 is 1.13 bits per heavy atom. The number of methoxy groups -OCH3 is 1. The monoisotopic (exact) mass is 422 g/mol. The fourth-order valence-electron chi connectivity index (χ4n) is 2.46. The SMILES string of the molecule is COC(=O)[C@H](CCCC(N)C(=O)OC(C)(C)C)NC(=O)/C=C/c1ccc(O)c(O)c1. The van der Waals surface area contributed by atoms with Crippen molar-refractivity contribution >= 4 is 23.9 Å². The highest BCUT2D eigenvalue weighted by atomic mass is 16.6. The molecule has 0 aromatic heterocycles. The van der Waals surface area contributed by atoms with Crippen LogP contribution in [-0.4, -0.2) is 52.9 Å². The number of esters is 2. The number of benzene rings is 1. The van der Waals surface area contributed by atoms with Crippen LogP contribution >= 0.6 is 0 Å². The van der Waals surface area contributed by atoms with Crippen molar-refractivity contribution in [1.29, 1.82) is 0 Å². The molecule has 0 aliphatic rings. The molecule has 1 amide bonds. The maximum atomic E-state index is 12.1. The molecule has 0 aliphatic carbocycles. The lowest BCUT2D eigenvalue weighted by molar-refractivity contribution is -0.156. The van der Waals surface area contributed by atoms with E-state index in [1.165, 1.54) is 37.5 Å². The van der Waals surface area contributed by atoms with Gasteiger partial charge in [-0.15, -0.1) is 0 Å². The fourth-order valence-corrected chi connectivity index (χ4v) is 2.46. The van der Waals surface area contributed by atoms with Crippen molar-refractivity contribution in [2.75, 3.05) is 7.11 Å². The molecule has 0 radical (unpaired) electrons. The molecule has 9 heteroatoms. The summed E-state index contributed by atoms with van der Waals surface area (Å²) in [5.41, 5.74) is 5.67. The van der Waals surface area contributed by atoms with Crippen LogP contribution in [0.15, 0.2) is 24.3 Å². The predicted octanol–water partition coefficient (Wildman–Crippen LogP) is 1.61. The number of carbonyl (C=O) groups is 3. The van der Waals surface area contributed by atoms with Crippen molar-refractivity contribution in [3.05, 3.63) is 29.8 Å². The number of amides is 1. The van der Waals surface area contributed by atoms with E-state index in [0.717, 1.165) is 0 Å². The molecule has 1 unspecified atom stereocenters. The summed E-state index contributed by atoms with van der Waals surface area (Å²) in [5, 5.41) is 21.3. The number of nitrogens with two attached hydrogens (primary N) is 1. The summed E-state index contributed by atoms with van der Waals surface area (Å²) in [4.78, 5) is 36.0. The summed E-state index contributed by atoms with van der Waals surface area (Å²) in [7, 11) is 1.21. The molecule has 1 aromatic carbocycles. The van der Waals surface area contributed by atoms with E-state index in [2.05, 4.69) is 5.32 Å². The number of nitrogens with one attached hydrogen (secondary N) is 1. The number of hydrogen-bond donors (Lipinski definition) is 4. The molecule has 166 valence electrons. The minimum atomic E-state index is -0.911. The van der Waals surface area contributed by atoms with Gasteiger partial charge in [0.2, 0.25) is 5.91 Å². The molecule has 0 heterocycles. The van der Waals surface area contributed by atoms with Crippen molar-refractivity contribution in [1.82, 2.24) is 5.32 Å². The second-order valence-electron chi connectivity index (χ2n) is 7.74. The Labute approximate surface area is 175 Å². The first-order chi connectivity index (χ1) is 13.9. The van der Waals surface area contributed by atoms with Gasteiger partial charge in [0.25, 0.3) is 0 Å². The lowest BCUT2D eigenvalue weighted by Gasteiger charge is -2.22. The average molecular weight is 422 g/mol. The van der Waals surface area contributed by atoms with Gasteiger partial charge in [-0.05, 0) is 63.8 Å². The van der Waals surface area contributed by atoms with Gasteiger partial charge in [-0.2, -0.15) is 0 Å². The number of carbonyl (C=O) groups excluding carboxylic acids is 3. The molecule has 0 aliphatic heterocycles. The molecule has 0 saturated heterocycles. The normalized spacial score (nSPS) is 13.5. The fraction of sp³-hybridized carbons (Fsp3) is 0.476. The molecule has 30 heavy (non-hydrogen) atoms. The molecule has 5 N–H and O–H groups in total. The van der Waals surface area contributed by atoms with Gasteiger partial charge in [0.15, 0.2) is 11.5 Å².